The third kappa shape index (κ3) is 8.08. The molecular weight excluding hydrogens is 655 g/mol. The number of aromatic nitrogens is 2. The average Bonchev–Trinajstić information content (AvgIpc) is 3.52. The molecule has 1 unspecified atom stereocenters. The summed E-state index contributed by atoms with van der Waals surface area (Å²) in [5.41, 5.74) is 1.17. The number of amides is 1. The number of nitrogens with zero attached hydrogens (tertiary/aromatic N) is 3. The van der Waals surface area contributed by atoms with Crippen molar-refractivity contribution in [3.05, 3.63) is 47.9 Å². The van der Waals surface area contributed by atoms with E-state index in [4.69, 9.17) is 23.0 Å². The van der Waals surface area contributed by atoms with Gasteiger partial charge >= 0.3 is 0 Å². The largest absolute Gasteiger partial charge is 0.414 e. The van der Waals surface area contributed by atoms with Gasteiger partial charge in [-0.05, 0) is 66.5 Å². The number of anilines is 1. The van der Waals surface area contributed by atoms with Gasteiger partial charge in [-0.15, -0.1) is 0 Å². The van der Waals surface area contributed by atoms with Gasteiger partial charge in [-0.1, -0.05) is 80.5 Å². The maximum absolute atomic E-state index is 13.1. The van der Waals surface area contributed by atoms with E-state index in [-0.39, 0.29) is 33.2 Å². The van der Waals surface area contributed by atoms with Crippen molar-refractivity contribution < 1.29 is 22.8 Å². The second-order valence-corrected chi connectivity index (χ2v) is 32.2. The maximum Gasteiger partial charge on any atom is 0.253 e. The lowest BCUT2D eigenvalue weighted by Crippen LogP contribution is -2.54. The molecule has 1 saturated heterocycles. The first-order valence-corrected chi connectivity index (χ1v) is 25.9. The maximum atomic E-state index is 13.1. The Labute approximate surface area is 292 Å². The Hall–Kier alpha value is -2.14. The van der Waals surface area contributed by atoms with Crippen LogP contribution in [0.5, 0.6) is 0 Å². The number of carbonyl (C=O) groups excluding carboxylic acids is 1. The number of hydrogen-bond acceptors (Lipinski definition) is 8. The SMILES string of the molecule is CC(C)(C)[Si](C)(C)OC[C@H]1O[C@@H](n2cnc3c2NC=NC3NC(=O)c2ccccc2)[C@H](O[Si](C)(C)C(C)(C)C)[C@@H]1O[Si](C)(C)C(C)(C)C. The standard InChI is InChI=1S/C35H61N5O5Si3/c1-33(2,3)46(10,11)42-21-25-27(44-47(12,13)34(4,5)6)28(45-48(14,15)35(7,8)9)32(43-25)40-23-38-26-29(36-22-37-30(26)40)39-31(41)24-19-17-16-18-20-24/h16-20,22-23,25,27-29,32H,21H2,1-15H3,(H,36,37)(H,39,41)/t25-,27-,28-,29?,32-/m1/s1. The van der Waals surface area contributed by atoms with E-state index in [1.165, 1.54) is 0 Å². The Morgan fingerprint density at radius 3 is 1.94 bits per heavy atom. The van der Waals surface area contributed by atoms with Gasteiger partial charge in [0.25, 0.3) is 5.91 Å². The molecule has 268 valence electrons. The fraction of sp³-hybridized carbons (Fsp3) is 0.686. The van der Waals surface area contributed by atoms with Crippen LogP contribution in [-0.2, 0) is 18.0 Å². The van der Waals surface area contributed by atoms with E-state index in [9.17, 15) is 4.79 Å². The first-order valence-electron chi connectivity index (χ1n) is 17.2. The average molecular weight is 716 g/mol. The Morgan fingerprint density at radius 1 is 0.854 bits per heavy atom. The van der Waals surface area contributed by atoms with Crippen LogP contribution in [0, 0.1) is 0 Å². The molecule has 1 amide bonds. The number of carbonyl (C=O) groups is 1. The number of imidazole rings is 1. The molecule has 1 aromatic carbocycles. The highest BCUT2D eigenvalue weighted by atomic mass is 28.4. The van der Waals surface area contributed by atoms with Crippen LogP contribution in [0.15, 0.2) is 41.7 Å². The number of rotatable bonds is 10. The van der Waals surface area contributed by atoms with Crippen molar-refractivity contribution >= 4 is 43.0 Å². The van der Waals surface area contributed by atoms with Crippen LogP contribution in [0.2, 0.25) is 54.4 Å². The molecule has 1 aromatic heterocycles. The lowest BCUT2D eigenvalue weighted by atomic mass is 10.1. The molecule has 13 heteroatoms. The summed E-state index contributed by atoms with van der Waals surface area (Å²) in [6, 6.07) is 9.13. The lowest BCUT2D eigenvalue weighted by Gasteiger charge is -2.44. The summed E-state index contributed by atoms with van der Waals surface area (Å²) in [6.45, 7) is 34.4. The molecule has 48 heavy (non-hydrogen) atoms. The molecule has 3 heterocycles. The third-order valence-corrected chi connectivity index (χ3v) is 24.7. The molecular formula is C35H61N5O5Si3. The van der Waals surface area contributed by atoms with E-state index in [0.717, 1.165) is 0 Å². The zero-order valence-corrected chi connectivity index (χ0v) is 35.0. The van der Waals surface area contributed by atoms with Crippen LogP contribution in [0.25, 0.3) is 0 Å². The van der Waals surface area contributed by atoms with Gasteiger partial charge in [-0.3, -0.25) is 9.36 Å². The summed E-state index contributed by atoms with van der Waals surface area (Å²) in [4.78, 5) is 22.4. The summed E-state index contributed by atoms with van der Waals surface area (Å²) in [7, 11) is -6.72. The zero-order valence-electron chi connectivity index (χ0n) is 32.0. The highest BCUT2D eigenvalue weighted by Crippen LogP contribution is 2.47. The summed E-state index contributed by atoms with van der Waals surface area (Å²) in [5, 5.41) is 6.31. The monoisotopic (exact) mass is 715 g/mol. The highest BCUT2D eigenvalue weighted by Gasteiger charge is 2.55. The van der Waals surface area contributed by atoms with Gasteiger partial charge in [0.1, 0.15) is 29.8 Å². The van der Waals surface area contributed by atoms with Crippen molar-refractivity contribution in [3.8, 4) is 0 Å². The van der Waals surface area contributed by atoms with Crippen LogP contribution in [0.4, 0.5) is 5.82 Å². The van der Waals surface area contributed by atoms with Gasteiger partial charge in [-0.25, -0.2) is 9.98 Å². The van der Waals surface area contributed by atoms with Crippen molar-refractivity contribution in [1.29, 1.82) is 0 Å². The normalized spacial score (nSPS) is 23.9. The molecule has 0 radical (unpaired) electrons. The van der Waals surface area contributed by atoms with Crippen molar-refractivity contribution in [2.24, 2.45) is 4.99 Å². The Bertz CT molecular complexity index is 1460. The second kappa shape index (κ2) is 13.5. The van der Waals surface area contributed by atoms with Crippen molar-refractivity contribution in [2.75, 3.05) is 11.9 Å². The predicted octanol–water partition coefficient (Wildman–Crippen LogP) is 8.47. The molecule has 2 aliphatic heterocycles. The predicted molar refractivity (Wildman–Crippen MR) is 202 cm³/mol. The molecule has 0 bridgehead atoms. The van der Waals surface area contributed by atoms with E-state index in [0.29, 0.717) is 23.7 Å². The topological polar surface area (TPSA) is 108 Å². The number of nitrogens with one attached hydrogen (secondary N) is 2. The first kappa shape index (κ1) is 38.7. The number of ether oxygens (including phenoxy) is 1. The van der Waals surface area contributed by atoms with Crippen LogP contribution in [-0.4, -0.2) is 71.7 Å². The van der Waals surface area contributed by atoms with Crippen molar-refractivity contribution in [1.82, 2.24) is 14.9 Å². The second-order valence-electron chi connectivity index (χ2n) is 17.9. The van der Waals surface area contributed by atoms with Crippen molar-refractivity contribution in [3.63, 3.8) is 0 Å². The number of aliphatic imine (C=N–C) groups is 1. The van der Waals surface area contributed by atoms with Gasteiger partial charge in [0.2, 0.25) is 0 Å². The zero-order chi connectivity index (χ0) is 36.1. The van der Waals surface area contributed by atoms with Gasteiger partial charge in [-0.2, -0.15) is 0 Å². The number of hydrogen-bond donors (Lipinski definition) is 2. The number of fused-ring (bicyclic) bond motifs is 1. The lowest BCUT2D eigenvalue weighted by molar-refractivity contribution is -0.0478. The van der Waals surface area contributed by atoms with E-state index in [2.05, 4.69) is 117 Å². The fourth-order valence-electron chi connectivity index (χ4n) is 4.94. The van der Waals surface area contributed by atoms with E-state index in [1.807, 2.05) is 22.8 Å². The number of benzene rings is 1. The minimum atomic E-state index is -2.33. The van der Waals surface area contributed by atoms with Gasteiger partial charge < -0.3 is 28.6 Å². The van der Waals surface area contributed by atoms with Gasteiger partial charge in [0, 0.05) is 5.56 Å². The van der Waals surface area contributed by atoms with E-state index in [1.54, 1.807) is 24.8 Å². The molecule has 2 aliphatic rings. The fourth-order valence-corrected chi connectivity index (χ4v) is 8.56. The molecule has 0 spiro atoms. The highest BCUT2D eigenvalue weighted by molar-refractivity contribution is 6.75. The van der Waals surface area contributed by atoms with Crippen LogP contribution in [0.1, 0.15) is 90.8 Å². The molecule has 5 atom stereocenters. The molecule has 10 nitrogen and oxygen atoms in total. The first-order chi connectivity index (χ1) is 21.9. The Balaban J connectivity index is 1.77. The summed E-state index contributed by atoms with van der Waals surface area (Å²) < 4.78 is 30.5. The van der Waals surface area contributed by atoms with Crippen LogP contribution in [0.3, 0.4) is 0 Å². The molecule has 0 saturated carbocycles. The van der Waals surface area contributed by atoms with Crippen LogP contribution >= 0.6 is 0 Å². The summed E-state index contributed by atoms with van der Waals surface area (Å²) >= 11 is 0. The third-order valence-electron chi connectivity index (χ3n) is 11.3. The Kier molecular flexibility index (Phi) is 10.9. The summed E-state index contributed by atoms with van der Waals surface area (Å²) in [6.07, 6.45) is 1.01. The van der Waals surface area contributed by atoms with E-state index < -0.39 is 43.4 Å². The molecule has 2 N–H and O–H groups in total. The molecule has 4 rings (SSSR count). The minimum absolute atomic E-state index is 0.0200. The molecule has 0 aliphatic carbocycles. The summed E-state index contributed by atoms with van der Waals surface area (Å²) in [5.74, 6) is 0.483. The van der Waals surface area contributed by atoms with E-state index >= 15 is 0 Å². The minimum Gasteiger partial charge on any atom is -0.414 e. The van der Waals surface area contributed by atoms with Crippen molar-refractivity contribution in [2.45, 2.75) is 147 Å². The smallest absolute Gasteiger partial charge is 0.253 e. The molecule has 1 fully saturated rings. The van der Waals surface area contributed by atoms with Gasteiger partial charge in [0.15, 0.2) is 37.3 Å². The van der Waals surface area contributed by atoms with Gasteiger partial charge in [0.05, 0.1) is 19.3 Å². The molecule has 2 aromatic rings. The quantitative estimate of drug-likeness (QED) is 0.238. The van der Waals surface area contributed by atoms with Crippen LogP contribution < -0.4 is 10.6 Å². The Morgan fingerprint density at radius 2 is 1.40 bits per heavy atom.